The molecule has 1 unspecified atom stereocenters. The van der Waals surface area contributed by atoms with Crippen LogP contribution in [0.1, 0.15) is 94.9 Å². The molecule has 0 saturated carbocycles. The maximum Gasteiger partial charge on any atom is 0.311 e. The van der Waals surface area contributed by atoms with E-state index in [1.54, 1.807) is 41.5 Å². The van der Waals surface area contributed by atoms with E-state index in [0.29, 0.717) is 13.0 Å². The molecular formula is C37H70N2O12. The van der Waals surface area contributed by atoms with Crippen LogP contribution in [0.4, 0.5) is 0 Å². The number of methoxy groups -OCH3 is 1. The topological polar surface area (TPSA) is 189 Å². The van der Waals surface area contributed by atoms with Gasteiger partial charge in [0.25, 0.3) is 0 Å². The second-order valence-electron chi connectivity index (χ2n) is 16.7. The molecule has 0 spiro atoms. The van der Waals surface area contributed by atoms with Crippen molar-refractivity contribution in [3.8, 4) is 0 Å². The fourth-order valence-corrected chi connectivity index (χ4v) is 8.36. The van der Waals surface area contributed by atoms with E-state index in [4.69, 9.17) is 28.4 Å². The van der Waals surface area contributed by atoms with E-state index in [2.05, 4.69) is 5.32 Å². The first kappa shape index (κ1) is 44.4. The largest absolute Gasteiger partial charge is 0.459 e. The monoisotopic (exact) mass is 734 g/mol. The van der Waals surface area contributed by atoms with Gasteiger partial charge in [0.05, 0.1) is 41.5 Å². The standard InChI is InChI=1S/C37H70N2O12/c1-14-26-37(10,45)30(41)23(6)38-18-19(2)16-35(8,44)32(51-34-28(40)25(39(11)12)15-20(3)47-34)21(4)29(22(5)33(43)49-26)50-27-17-36(9,46-13)31(42)24(7)48-27/h19-32,34,38,40-42,44-45H,14-18H2,1-13H3/t19-,20+,21-,22+,23+,24?,25-,26-,27-,28-,29+,30-,31-,32-,34-,35-,36-,37-/m1/s1. The predicted molar refractivity (Wildman–Crippen MR) is 190 cm³/mol. The Kier molecular flexibility index (Phi) is 15.3. The number of hydrogen-bond acceptors (Lipinski definition) is 14. The molecule has 51 heavy (non-hydrogen) atoms. The summed E-state index contributed by atoms with van der Waals surface area (Å²) in [6.45, 7) is 17.8. The Balaban J connectivity index is 2.15. The third-order valence-corrected chi connectivity index (χ3v) is 11.7. The van der Waals surface area contributed by atoms with E-state index in [-0.39, 0.29) is 37.3 Å². The minimum absolute atomic E-state index is 0.132. The quantitative estimate of drug-likeness (QED) is 0.207. The second-order valence-corrected chi connectivity index (χ2v) is 16.7. The van der Waals surface area contributed by atoms with Gasteiger partial charge in [0, 0.05) is 31.5 Å². The Bertz CT molecular complexity index is 1110. The average molecular weight is 735 g/mol. The molecule has 3 rings (SSSR count). The third-order valence-electron chi connectivity index (χ3n) is 11.7. The van der Waals surface area contributed by atoms with Crippen LogP contribution in [0.5, 0.6) is 0 Å². The lowest BCUT2D eigenvalue weighted by atomic mass is 9.77. The van der Waals surface area contributed by atoms with Crippen molar-refractivity contribution in [3.05, 3.63) is 0 Å². The van der Waals surface area contributed by atoms with Crippen LogP contribution in [-0.2, 0) is 33.2 Å². The lowest BCUT2D eigenvalue weighted by molar-refractivity contribution is -0.318. The number of nitrogens with zero attached hydrogens (tertiary/aromatic N) is 1. The fourth-order valence-electron chi connectivity index (χ4n) is 8.36. The van der Waals surface area contributed by atoms with Gasteiger partial charge in [0.1, 0.15) is 30.0 Å². The van der Waals surface area contributed by atoms with Crippen LogP contribution < -0.4 is 5.32 Å². The Morgan fingerprint density at radius 2 is 1.57 bits per heavy atom. The van der Waals surface area contributed by atoms with Gasteiger partial charge >= 0.3 is 5.97 Å². The summed E-state index contributed by atoms with van der Waals surface area (Å²) >= 11 is 0. The summed E-state index contributed by atoms with van der Waals surface area (Å²) in [6.07, 6.45) is -8.22. The molecule has 6 N–H and O–H groups in total. The number of cyclic esters (lactones) is 1. The molecule has 0 aromatic heterocycles. The third kappa shape index (κ3) is 10.2. The summed E-state index contributed by atoms with van der Waals surface area (Å²) in [6, 6.07) is -0.858. The Hall–Kier alpha value is -1.01. The maximum absolute atomic E-state index is 14.1. The molecule has 18 atom stereocenters. The van der Waals surface area contributed by atoms with Crippen LogP contribution in [0.25, 0.3) is 0 Å². The molecule has 0 aromatic rings. The van der Waals surface area contributed by atoms with Gasteiger partial charge in [-0.15, -0.1) is 0 Å². The van der Waals surface area contributed by atoms with Gasteiger partial charge in [-0.25, -0.2) is 0 Å². The molecule has 0 aromatic carbocycles. The highest BCUT2D eigenvalue weighted by Crippen LogP contribution is 2.40. The molecule has 0 radical (unpaired) electrons. The Morgan fingerprint density at radius 1 is 0.941 bits per heavy atom. The van der Waals surface area contributed by atoms with Gasteiger partial charge in [-0.1, -0.05) is 20.8 Å². The van der Waals surface area contributed by atoms with Crippen molar-refractivity contribution in [3.63, 3.8) is 0 Å². The van der Waals surface area contributed by atoms with E-state index >= 15 is 0 Å². The van der Waals surface area contributed by atoms with E-state index in [0.717, 1.165) is 0 Å². The number of esters is 1. The van der Waals surface area contributed by atoms with Crippen molar-refractivity contribution in [2.45, 2.75) is 185 Å². The summed E-state index contributed by atoms with van der Waals surface area (Å²) in [4.78, 5) is 16.1. The minimum atomic E-state index is -1.80. The number of likely N-dealkylation sites (N-methyl/N-ethyl adjacent to an activating group) is 1. The second kappa shape index (κ2) is 17.6. The molecule has 0 amide bonds. The highest BCUT2D eigenvalue weighted by Gasteiger charge is 2.52. The van der Waals surface area contributed by atoms with Crippen molar-refractivity contribution < 1.29 is 58.7 Å². The zero-order chi connectivity index (χ0) is 38.8. The molecule has 3 heterocycles. The molecule has 300 valence electrons. The van der Waals surface area contributed by atoms with Crippen LogP contribution in [-0.4, -0.2) is 154 Å². The first-order valence-electron chi connectivity index (χ1n) is 18.8. The molecule has 3 saturated heterocycles. The lowest BCUT2D eigenvalue weighted by Gasteiger charge is -2.48. The highest BCUT2D eigenvalue weighted by atomic mass is 16.7. The van der Waals surface area contributed by atoms with E-state index in [1.165, 1.54) is 14.0 Å². The van der Waals surface area contributed by atoms with Crippen LogP contribution in [0.2, 0.25) is 0 Å². The van der Waals surface area contributed by atoms with Crippen LogP contribution in [0, 0.1) is 17.8 Å². The number of aliphatic hydroxyl groups is 5. The lowest BCUT2D eigenvalue weighted by Crippen LogP contribution is -2.60. The van der Waals surface area contributed by atoms with E-state index in [9.17, 15) is 30.3 Å². The molecule has 3 aliphatic heterocycles. The van der Waals surface area contributed by atoms with E-state index in [1.807, 2.05) is 39.8 Å². The van der Waals surface area contributed by atoms with Gasteiger partial charge in [0.2, 0.25) is 0 Å². The van der Waals surface area contributed by atoms with Gasteiger partial charge in [-0.2, -0.15) is 0 Å². The SMILES string of the molecule is CC[C@H]1OC(=O)[C@@H](C)[C@@H](O[C@@H]2C[C@@](C)(OC)[C@H](O)C(C)O2)[C@@H](C)[C@@H](O[C@H]2O[C@@H](C)C[C@@H](N(C)C)[C@H]2O)[C@](C)(O)C[C@@H](C)CN[C@@H](C)[C@@H](O)[C@]1(C)O. The first-order valence-corrected chi connectivity index (χ1v) is 18.8. The van der Waals surface area contributed by atoms with Crippen LogP contribution in [0.3, 0.4) is 0 Å². The minimum Gasteiger partial charge on any atom is -0.459 e. The van der Waals surface area contributed by atoms with Crippen LogP contribution >= 0.6 is 0 Å². The maximum atomic E-state index is 14.1. The zero-order valence-electron chi connectivity index (χ0n) is 33.2. The van der Waals surface area contributed by atoms with Gasteiger partial charge in [0.15, 0.2) is 12.6 Å². The van der Waals surface area contributed by atoms with Crippen molar-refractivity contribution in [1.82, 2.24) is 10.2 Å². The molecule has 0 bridgehead atoms. The van der Waals surface area contributed by atoms with Gasteiger partial charge < -0.3 is 64.2 Å². The van der Waals surface area contributed by atoms with Crippen molar-refractivity contribution in [2.75, 3.05) is 27.7 Å². The van der Waals surface area contributed by atoms with Crippen molar-refractivity contribution in [2.24, 2.45) is 17.8 Å². The molecule has 14 nitrogen and oxygen atoms in total. The number of aliphatic hydroxyl groups excluding tert-OH is 3. The highest BCUT2D eigenvalue weighted by molar-refractivity contribution is 5.73. The number of nitrogens with one attached hydrogen (secondary N) is 1. The molecule has 3 fully saturated rings. The number of carbonyl (C=O) groups excluding carboxylic acids is 1. The average Bonchev–Trinajstić information content (AvgIpc) is 3.05. The summed E-state index contributed by atoms with van der Waals surface area (Å²) in [5, 5.41) is 60.9. The number of carbonyl (C=O) groups is 1. The molecule has 3 aliphatic rings. The molecular weight excluding hydrogens is 664 g/mol. The molecule has 14 heteroatoms. The summed E-state index contributed by atoms with van der Waals surface area (Å²) < 4.78 is 37.4. The number of rotatable bonds is 7. The summed E-state index contributed by atoms with van der Waals surface area (Å²) in [5.41, 5.74) is -4.37. The smallest absolute Gasteiger partial charge is 0.311 e. The van der Waals surface area contributed by atoms with Crippen molar-refractivity contribution >= 4 is 5.97 Å². The Labute approximate surface area is 305 Å². The normalized spacial score (nSPS) is 49.9. The van der Waals surface area contributed by atoms with Gasteiger partial charge in [-0.05, 0) is 94.3 Å². The van der Waals surface area contributed by atoms with Crippen molar-refractivity contribution in [1.29, 1.82) is 0 Å². The van der Waals surface area contributed by atoms with Gasteiger partial charge in [-0.3, -0.25) is 4.79 Å². The van der Waals surface area contributed by atoms with E-state index < -0.39 is 96.0 Å². The van der Waals surface area contributed by atoms with Crippen LogP contribution in [0.15, 0.2) is 0 Å². The number of ether oxygens (including phenoxy) is 6. The summed E-state index contributed by atoms with van der Waals surface area (Å²) in [5.74, 6) is -2.60. The first-order chi connectivity index (χ1) is 23.5. The number of hydrogen-bond donors (Lipinski definition) is 6. The fraction of sp³-hybridized carbons (Fsp3) is 0.973. The Morgan fingerprint density at radius 3 is 2.14 bits per heavy atom. The molecule has 0 aliphatic carbocycles. The predicted octanol–water partition coefficient (Wildman–Crippen LogP) is 1.56. The summed E-state index contributed by atoms with van der Waals surface area (Å²) in [7, 11) is 5.27. The zero-order valence-corrected chi connectivity index (χ0v) is 33.2.